The minimum atomic E-state index is -0.275. The fourth-order valence-electron chi connectivity index (χ4n) is 5.18. The molecule has 0 amide bonds. The Hall–Kier alpha value is -3.37. The minimum Gasteiger partial charge on any atom is -0.497 e. The fourth-order valence-corrected chi connectivity index (χ4v) is 5.18. The number of hydrogen-bond donors (Lipinski definition) is 0. The lowest BCUT2D eigenvalue weighted by atomic mass is 9.76. The summed E-state index contributed by atoms with van der Waals surface area (Å²) in [5.41, 5.74) is 6.85. The van der Waals surface area contributed by atoms with Crippen LogP contribution in [0.1, 0.15) is 48.2 Å². The third kappa shape index (κ3) is 5.49. The summed E-state index contributed by atoms with van der Waals surface area (Å²) in [6.45, 7) is 5.43. The van der Waals surface area contributed by atoms with Crippen LogP contribution in [0.3, 0.4) is 0 Å². The van der Waals surface area contributed by atoms with Crippen LogP contribution in [-0.4, -0.2) is 45.2 Å². The van der Waals surface area contributed by atoms with Crippen LogP contribution < -0.4 is 4.74 Å². The molecule has 0 saturated heterocycles. The highest BCUT2D eigenvalue weighted by Crippen LogP contribution is 2.41. The molecule has 3 aromatic rings. The first-order valence-electron chi connectivity index (χ1n) is 12.3. The SMILES string of the molecule is CCOC(=O)c1cc(/C=C2\CCC(CN(C)C)C(c3cccc(OC)c3)=C2C)cc2ccccc12. The van der Waals surface area contributed by atoms with Crippen molar-refractivity contribution in [3.05, 3.63) is 88.5 Å². The molecule has 35 heavy (non-hydrogen) atoms. The van der Waals surface area contributed by atoms with E-state index in [2.05, 4.69) is 62.3 Å². The van der Waals surface area contributed by atoms with Gasteiger partial charge in [-0.15, -0.1) is 0 Å². The summed E-state index contributed by atoms with van der Waals surface area (Å²) in [6, 6.07) is 20.5. The van der Waals surface area contributed by atoms with Crippen LogP contribution in [0, 0.1) is 5.92 Å². The molecular formula is C31H35NO3. The van der Waals surface area contributed by atoms with Gasteiger partial charge in [-0.25, -0.2) is 4.79 Å². The number of hydrogen-bond acceptors (Lipinski definition) is 4. The molecule has 1 aliphatic carbocycles. The zero-order chi connectivity index (χ0) is 24.9. The Labute approximate surface area is 208 Å². The highest BCUT2D eigenvalue weighted by Gasteiger charge is 2.26. The number of allylic oxidation sites excluding steroid dienone is 2. The highest BCUT2D eigenvalue weighted by atomic mass is 16.5. The summed E-state index contributed by atoms with van der Waals surface area (Å²) in [5.74, 6) is 1.04. The van der Waals surface area contributed by atoms with Gasteiger partial charge in [-0.1, -0.05) is 42.5 Å². The Morgan fingerprint density at radius 3 is 2.63 bits per heavy atom. The summed E-state index contributed by atoms with van der Waals surface area (Å²) in [7, 11) is 5.98. The Morgan fingerprint density at radius 2 is 1.89 bits per heavy atom. The van der Waals surface area contributed by atoms with Crippen LogP contribution in [0.15, 0.2) is 71.8 Å². The van der Waals surface area contributed by atoms with Crippen molar-refractivity contribution in [2.75, 3.05) is 34.4 Å². The summed E-state index contributed by atoms with van der Waals surface area (Å²) >= 11 is 0. The van der Waals surface area contributed by atoms with Gasteiger partial charge in [-0.3, -0.25) is 0 Å². The normalized spacial score (nSPS) is 17.3. The lowest BCUT2D eigenvalue weighted by Crippen LogP contribution is -2.25. The van der Waals surface area contributed by atoms with Crippen LogP contribution in [-0.2, 0) is 4.74 Å². The number of rotatable bonds is 7. The average molecular weight is 470 g/mol. The number of methoxy groups -OCH3 is 1. The number of benzene rings is 3. The Morgan fingerprint density at radius 1 is 1.09 bits per heavy atom. The summed E-state index contributed by atoms with van der Waals surface area (Å²) < 4.78 is 10.9. The zero-order valence-electron chi connectivity index (χ0n) is 21.4. The molecule has 0 radical (unpaired) electrons. The number of carbonyl (C=O) groups excluding carboxylic acids is 1. The smallest absolute Gasteiger partial charge is 0.338 e. The maximum Gasteiger partial charge on any atom is 0.338 e. The summed E-state index contributed by atoms with van der Waals surface area (Å²) in [4.78, 5) is 15.0. The van der Waals surface area contributed by atoms with Crippen molar-refractivity contribution in [3.63, 3.8) is 0 Å². The van der Waals surface area contributed by atoms with E-state index < -0.39 is 0 Å². The third-order valence-corrected chi connectivity index (χ3v) is 6.74. The van der Waals surface area contributed by atoms with Gasteiger partial charge < -0.3 is 14.4 Å². The van der Waals surface area contributed by atoms with Gasteiger partial charge in [-0.05, 0) is 110 Å². The van der Waals surface area contributed by atoms with E-state index in [1.54, 1.807) is 7.11 Å². The van der Waals surface area contributed by atoms with E-state index in [4.69, 9.17) is 9.47 Å². The molecule has 0 heterocycles. The molecule has 0 aromatic heterocycles. The van der Waals surface area contributed by atoms with Gasteiger partial charge in [0.05, 0.1) is 19.3 Å². The van der Waals surface area contributed by atoms with Gasteiger partial charge in [0.15, 0.2) is 0 Å². The molecule has 182 valence electrons. The fraction of sp³-hybridized carbons (Fsp3) is 0.323. The van der Waals surface area contributed by atoms with Crippen LogP contribution in [0.4, 0.5) is 0 Å². The molecule has 1 atom stereocenters. The molecule has 1 unspecified atom stereocenters. The highest BCUT2D eigenvalue weighted by molar-refractivity contribution is 6.05. The number of fused-ring (bicyclic) bond motifs is 1. The topological polar surface area (TPSA) is 38.8 Å². The Balaban J connectivity index is 1.84. The number of nitrogens with zero attached hydrogens (tertiary/aromatic N) is 1. The molecule has 4 nitrogen and oxygen atoms in total. The van der Waals surface area contributed by atoms with Gasteiger partial charge >= 0.3 is 5.97 Å². The lowest BCUT2D eigenvalue weighted by molar-refractivity contribution is 0.0528. The lowest BCUT2D eigenvalue weighted by Gasteiger charge is -2.32. The minimum absolute atomic E-state index is 0.275. The van der Waals surface area contributed by atoms with Crippen molar-refractivity contribution >= 4 is 28.4 Å². The van der Waals surface area contributed by atoms with E-state index in [-0.39, 0.29) is 5.97 Å². The number of esters is 1. The third-order valence-electron chi connectivity index (χ3n) is 6.74. The number of ether oxygens (including phenoxy) is 2. The first-order chi connectivity index (χ1) is 16.9. The molecule has 3 aromatic carbocycles. The molecule has 0 bridgehead atoms. The first kappa shape index (κ1) is 24.7. The second-order valence-electron chi connectivity index (χ2n) is 9.45. The van der Waals surface area contributed by atoms with E-state index >= 15 is 0 Å². The predicted molar refractivity (Wildman–Crippen MR) is 145 cm³/mol. The second-order valence-corrected chi connectivity index (χ2v) is 9.45. The largest absolute Gasteiger partial charge is 0.497 e. The van der Waals surface area contributed by atoms with Crippen molar-refractivity contribution in [2.24, 2.45) is 5.92 Å². The molecule has 0 N–H and O–H groups in total. The van der Waals surface area contributed by atoms with Gasteiger partial charge in [-0.2, -0.15) is 0 Å². The van der Waals surface area contributed by atoms with E-state index in [1.165, 1.54) is 22.3 Å². The Kier molecular flexibility index (Phi) is 7.72. The molecule has 1 aliphatic rings. The van der Waals surface area contributed by atoms with Crippen LogP contribution in [0.25, 0.3) is 22.4 Å². The van der Waals surface area contributed by atoms with E-state index in [9.17, 15) is 4.79 Å². The van der Waals surface area contributed by atoms with Gasteiger partial charge in [0.1, 0.15) is 5.75 Å². The van der Waals surface area contributed by atoms with Crippen LogP contribution in [0.2, 0.25) is 0 Å². The Bertz CT molecular complexity index is 1290. The molecule has 0 saturated carbocycles. The van der Waals surface area contributed by atoms with E-state index in [0.717, 1.165) is 41.5 Å². The maximum atomic E-state index is 12.7. The van der Waals surface area contributed by atoms with E-state index in [0.29, 0.717) is 18.1 Å². The van der Waals surface area contributed by atoms with Crippen molar-refractivity contribution < 1.29 is 14.3 Å². The van der Waals surface area contributed by atoms with Crippen LogP contribution >= 0.6 is 0 Å². The molecule has 4 rings (SSSR count). The second kappa shape index (κ2) is 10.9. The van der Waals surface area contributed by atoms with Crippen LogP contribution in [0.5, 0.6) is 5.75 Å². The molecule has 4 heteroatoms. The monoisotopic (exact) mass is 469 g/mol. The van der Waals surface area contributed by atoms with Crippen molar-refractivity contribution in [1.29, 1.82) is 0 Å². The van der Waals surface area contributed by atoms with Crippen molar-refractivity contribution in [2.45, 2.75) is 26.7 Å². The summed E-state index contributed by atoms with van der Waals surface area (Å²) in [5, 5.41) is 1.97. The quantitative estimate of drug-likeness (QED) is 0.355. The van der Waals surface area contributed by atoms with Gasteiger partial charge in [0.25, 0.3) is 0 Å². The molecule has 0 spiro atoms. The summed E-state index contributed by atoms with van der Waals surface area (Å²) in [6.07, 6.45) is 4.32. The average Bonchev–Trinajstić information content (AvgIpc) is 2.85. The number of carbonyl (C=O) groups is 1. The standard InChI is InChI=1S/C31H35NO3/c1-6-35-31(33)29-18-22(17-24-10-7-8-13-28(24)29)16-23-14-15-26(20-32(3)4)30(21(23)2)25-11-9-12-27(19-25)34-5/h7-13,16-19,26H,6,14-15,20H2,1-5H3/b23-16+. The van der Waals surface area contributed by atoms with Crippen molar-refractivity contribution in [1.82, 2.24) is 4.90 Å². The maximum absolute atomic E-state index is 12.7. The molecule has 0 aliphatic heterocycles. The predicted octanol–water partition coefficient (Wildman–Crippen LogP) is 6.85. The van der Waals surface area contributed by atoms with Gasteiger partial charge in [0.2, 0.25) is 0 Å². The first-order valence-corrected chi connectivity index (χ1v) is 12.3. The molecule has 0 fully saturated rings. The van der Waals surface area contributed by atoms with Crippen molar-refractivity contribution in [3.8, 4) is 5.75 Å². The van der Waals surface area contributed by atoms with Gasteiger partial charge in [0, 0.05) is 6.54 Å². The van der Waals surface area contributed by atoms with E-state index in [1.807, 2.05) is 37.3 Å². The zero-order valence-corrected chi connectivity index (χ0v) is 21.4. The molecular weight excluding hydrogens is 434 g/mol.